The van der Waals surface area contributed by atoms with Crippen molar-refractivity contribution in [2.45, 2.75) is 11.3 Å². The quantitative estimate of drug-likeness (QED) is 0.924. The highest BCUT2D eigenvalue weighted by molar-refractivity contribution is 7.93. The van der Waals surface area contributed by atoms with Gasteiger partial charge in [0.25, 0.3) is 10.0 Å². The lowest BCUT2D eigenvalue weighted by atomic mass is 10.2. The van der Waals surface area contributed by atoms with Gasteiger partial charge in [-0.1, -0.05) is 18.2 Å². The molecule has 0 spiro atoms. The minimum Gasteiger partial charge on any atom is -0.507 e. The van der Waals surface area contributed by atoms with E-state index in [1.54, 1.807) is 12.1 Å². The molecule has 0 radical (unpaired) electrons. The first-order valence-electron chi connectivity index (χ1n) is 6.09. The van der Waals surface area contributed by atoms with Crippen LogP contribution < -0.4 is 4.31 Å². The first-order chi connectivity index (χ1) is 9.50. The van der Waals surface area contributed by atoms with Gasteiger partial charge in [-0.15, -0.1) is 0 Å². The number of sulfonamides is 1. The normalized spacial score (nSPS) is 14.3. The maximum atomic E-state index is 13.3. The zero-order valence-electron chi connectivity index (χ0n) is 10.5. The molecule has 1 heterocycles. The molecule has 0 bridgehead atoms. The minimum absolute atomic E-state index is 0.169. The molecule has 0 fully saturated rings. The van der Waals surface area contributed by atoms with Crippen molar-refractivity contribution in [1.29, 1.82) is 0 Å². The molecule has 3 rings (SSSR count). The van der Waals surface area contributed by atoms with Gasteiger partial charge in [0.05, 0.1) is 5.69 Å². The van der Waals surface area contributed by atoms with Gasteiger partial charge in [-0.25, -0.2) is 12.8 Å². The van der Waals surface area contributed by atoms with Gasteiger partial charge in [-0.2, -0.15) is 0 Å². The summed E-state index contributed by atoms with van der Waals surface area (Å²) in [5, 5.41) is 9.73. The molecule has 0 unspecified atom stereocenters. The van der Waals surface area contributed by atoms with E-state index in [-0.39, 0.29) is 17.2 Å². The second kappa shape index (κ2) is 4.49. The standard InChI is InChI=1S/C14H12FNO3S/c15-11-6-5-10-7-8-16(12(10)9-11)20(18,19)14-4-2-1-3-13(14)17/h1-6,9,17H,7-8H2. The van der Waals surface area contributed by atoms with E-state index in [0.29, 0.717) is 12.1 Å². The van der Waals surface area contributed by atoms with Gasteiger partial charge < -0.3 is 5.11 Å². The van der Waals surface area contributed by atoms with E-state index in [1.807, 2.05) is 0 Å². The first kappa shape index (κ1) is 12.9. The summed E-state index contributed by atoms with van der Waals surface area (Å²) < 4.78 is 39.6. The van der Waals surface area contributed by atoms with E-state index < -0.39 is 15.8 Å². The summed E-state index contributed by atoms with van der Waals surface area (Å²) in [6.07, 6.45) is 0.530. The number of anilines is 1. The maximum Gasteiger partial charge on any atom is 0.268 e. The highest BCUT2D eigenvalue weighted by atomic mass is 32.2. The predicted molar refractivity (Wildman–Crippen MR) is 72.7 cm³/mol. The number of fused-ring (bicyclic) bond motifs is 1. The van der Waals surface area contributed by atoms with Gasteiger partial charge in [0.15, 0.2) is 0 Å². The SMILES string of the molecule is O=S(=O)(c1ccccc1O)N1CCc2ccc(F)cc21. The third-order valence-electron chi connectivity index (χ3n) is 3.33. The third-order valence-corrected chi connectivity index (χ3v) is 5.19. The number of nitrogens with zero attached hydrogens (tertiary/aromatic N) is 1. The Hall–Kier alpha value is -2.08. The van der Waals surface area contributed by atoms with Crippen LogP contribution >= 0.6 is 0 Å². The fourth-order valence-electron chi connectivity index (χ4n) is 2.37. The topological polar surface area (TPSA) is 57.6 Å². The molecular weight excluding hydrogens is 281 g/mol. The van der Waals surface area contributed by atoms with Crippen molar-refractivity contribution in [3.8, 4) is 5.75 Å². The van der Waals surface area contributed by atoms with E-state index in [0.717, 1.165) is 9.87 Å². The monoisotopic (exact) mass is 293 g/mol. The molecule has 0 saturated carbocycles. The third kappa shape index (κ3) is 1.92. The average Bonchev–Trinajstić information content (AvgIpc) is 2.82. The van der Waals surface area contributed by atoms with Crippen LogP contribution in [0.4, 0.5) is 10.1 Å². The number of phenols is 1. The molecule has 2 aromatic rings. The van der Waals surface area contributed by atoms with Crippen LogP contribution in [0.1, 0.15) is 5.56 Å². The zero-order valence-corrected chi connectivity index (χ0v) is 11.3. The zero-order chi connectivity index (χ0) is 14.3. The molecule has 0 aromatic heterocycles. The largest absolute Gasteiger partial charge is 0.507 e. The van der Waals surface area contributed by atoms with Crippen molar-refractivity contribution < 1.29 is 17.9 Å². The fourth-order valence-corrected chi connectivity index (χ4v) is 3.95. The summed E-state index contributed by atoms with van der Waals surface area (Å²) in [5.74, 6) is -0.791. The number of aromatic hydroxyl groups is 1. The Morgan fingerprint density at radius 2 is 1.90 bits per heavy atom. The number of benzene rings is 2. The highest BCUT2D eigenvalue weighted by Crippen LogP contribution is 2.35. The van der Waals surface area contributed by atoms with Gasteiger partial charge in [0, 0.05) is 6.54 Å². The molecular formula is C14H12FNO3S. The van der Waals surface area contributed by atoms with Crippen LogP contribution in [0.3, 0.4) is 0 Å². The van der Waals surface area contributed by atoms with Crippen molar-refractivity contribution in [2.24, 2.45) is 0 Å². The Labute approximate surface area is 116 Å². The summed E-state index contributed by atoms with van der Waals surface area (Å²) in [6, 6.07) is 9.85. The van der Waals surface area contributed by atoms with Gasteiger partial charge >= 0.3 is 0 Å². The van der Waals surface area contributed by atoms with Crippen LogP contribution in [-0.2, 0) is 16.4 Å². The smallest absolute Gasteiger partial charge is 0.268 e. The molecule has 20 heavy (non-hydrogen) atoms. The summed E-state index contributed by atoms with van der Waals surface area (Å²) in [5.41, 5.74) is 1.12. The lowest BCUT2D eigenvalue weighted by Gasteiger charge is -2.20. The van der Waals surface area contributed by atoms with E-state index in [4.69, 9.17) is 0 Å². The lowest BCUT2D eigenvalue weighted by molar-refractivity contribution is 0.458. The second-order valence-corrected chi connectivity index (χ2v) is 6.40. The van der Waals surface area contributed by atoms with Gasteiger partial charge in [0.1, 0.15) is 16.5 Å². The molecule has 1 N–H and O–H groups in total. The molecule has 104 valence electrons. The van der Waals surface area contributed by atoms with E-state index in [2.05, 4.69) is 0 Å². The fraction of sp³-hybridized carbons (Fsp3) is 0.143. The Kier molecular flexibility index (Phi) is 2.90. The summed E-state index contributed by atoms with van der Waals surface area (Å²) in [7, 11) is -3.88. The van der Waals surface area contributed by atoms with Crippen molar-refractivity contribution in [3.63, 3.8) is 0 Å². The molecule has 0 saturated heterocycles. The number of rotatable bonds is 2. The van der Waals surface area contributed by atoms with Crippen molar-refractivity contribution in [1.82, 2.24) is 0 Å². The van der Waals surface area contributed by atoms with Crippen LogP contribution in [-0.4, -0.2) is 20.1 Å². The number of phenolic OH excluding ortho intramolecular Hbond substituents is 1. The van der Waals surface area contributed by atoms with Crippen LogP contribution in [0.5, 0.6) is 5.75 Å². The van der Waals surface area contributed by atoms with Crippen LogP contribution in [0, 0.1) is 5.82 Å². The molecule has 2 aromatic carbocycles. The number of hydrogen-bond donors (Lipinski definition) is 1. The summed E-state index contributed by atoms with van der Waals surface area (Å²) in [6.45, 7) is 0.245. The van der Waals surface area contributed by atoms with Gasteiger partial charge in [-0.3, -0.25) is 4.31 Å². The molecule has 0 aliphatic carbocycles. The Balaban J connectivity index is 2.12. The molecule has 0 amide bonds. The van der Waals surface area contributed by atoms with E-state index >= 15 is 0 Å². The highest BCUT2D eigenvalue weighted by Gasteiger charge is 2.32. The maximum absolute atomic E-state index is 13.3. The average molecular weight is 293 g/mol. The van der Waals surface area contributed by atoms with Crippen LogP contribution in [0.25, 0.3) is 0 Å². The van der Waals surface area contributed by atoms with E-state index in [9.17, 15) is 17.9 Å². The van der Waals surface area contributed by atoms with Crippen molar-refractivity contribution >= 4 is 15.7 Å². The van der Waals surface area contributed by atoms with Crippen LogP contribution in [0.15, 0.2) is 47.4 Å². The van der Waals surface area contributed by atoms with Crippen LogP contribution in [0.2, 0.25) is 0 Å². The summed E-state index contributed by atoms with van der Waals surface area (Å²) in [4.78, 5) is -0.169. The molecule has 4 nitrogen and oxygen atoms in total. The Morgan fingerprint density at radius 1 is 1.15 bits per heavy atom. The van der Waals surface area contributed by atoms with Crippen molar-refractivity contribution in [3.05, 3.63) is 53.8 Å². The Morgan fingerprint density at radius 3 is 2.65 bits per heavy atom. The minimum atomic E-state index is -3.88. The van der Waals surface area contributed by atoms with E-state index in [1.165, 1.54) is 30.3 Å². The second-order valence-electron chi connectivity index (χ2n) is 4.57. The Bertz CT molecular complexity index is 774. The molecule has 1 aliphatic rings. The number of para-hydroxylation sites is 1. The molecule has 6 heteroatoms. The number of halogens is 1. The van der Waals surface area contributed by atoms with Crippen molar-refractivity contribution in [2.75, 3.05) is 10.8 Å². The molecule has 1 aliphatic heterocycles. The number of hydrogen-bond acceptors (Lipinski definition) is 3. The lowest BCUT2D eigenvalue weighted by Crippen LogP contribution is -2.29. The summed E-state index contributed by atoms with van der Waals surface area (Å²) >= 11 is 0. The van der Waals surface area contributed by atoms with Gasteiger partial charge in [0.2, 0.25) is 0 Å². The first-order valence-corrected chi connectivity index (χ1v) is 7.53. The van der Waals surface area contributed by atoms with Gasteiger partial charge in [-0.05, 0) is 36.2 Å². The predicted octanol–water partition coefficient (Wildman–Crippen LogP) is 2.28. The molecule has 0 atom stereocenters.